The standard InChI is InChI=1S/C19H18N6O2/c1-27-12-5-6-16-15(9-12)21-17(26)10-25(16)18-13-3-2-4-14(13)22-19(23-18)24-8-7-20-11-24/h5-9,11H,2-4,10H2,1H3,(H,21,26). The summed E-state index contributed by atoms with van der Waals surface area (Å²) < 4.78 is 7.09. The predicted molar refractivity (Wildman–Crippen MR) is 99.8 cm³/mol. The number of imidazole rings is 1. The number of amides is 1. The number of hydrogen-bond donors (Lipinski definition) is 1. The summed E-state index contributed by atoms with van der Waals surface area (Å²) in [6, 6.07) is 5.67. The fourth-order valence-corrected chi connectivity index (χ4v) is 3.70. The van der Waals surface area contributed by atoms with E-state index in [2.05, 4.69) is 10.3 Å². The number of fused-ring (bicyclic) bond motifs is 2. The van der Waals surface area contributed by atoms with Gasteiger partial charge in [0, 0.05) is 24.0 Å². The molecule has 1 N–H and O–H groups in total. The Morgan fingerprint density at radius 3 is 2.96 bits per heavy atom. The number of ether oxygens (including phenoxy) is 1. The van der Waals surface area contributed by atoms with Crippen LogP contribution in [0.3, 0.4) is 0 Å². The maximum Gasteiger partial charge on any atom is 0.244 e. The number of hydrogen-bond acceptors (Lipinski definition) is 6. The lowest BCUT2D eigenvalue weighted by Crippen LogP contribution is -2.36. The highest BCUT2D eigenvalue weighted by atomic mass is 16.5. The van der Waals surface area contributed by atoms with Gasteiger partial charge in [-0.15, -0.1) is 0 Å². The molecule has 3 aromatic rings. The van der Waals surface area contributed by atoms with Crippen LogP contribution in [-0.4, -0.2) is 39.1 Å². The topological polar surface area (TPSA) is 85.2 Å². The number of rotatable bonds is 3. The van der Waals surface area contributed by atoms with E-state index in [0.29, 0.717) is 11.7 Å². The second-order valence-corrected chi connectivity index (χ2v) is 6.61. The monoisotopic (exact) mass is 362 g/mol. The largest absolute Gasteiger partial charge is 0.497 e. The molecule has 1 amide bonds. The molecule has 8 nitrogen and oxygen atoms in total. The van der Waals surface area contributed by atoms with E-state index in [1.165, 1.54) is 0 Å². The first-order chi connectivity index (χ1) is 13.2. The van der Waals surface area contributed by atoms with Crippen LogP contribution in [0.1, 0.15) is 17.7 Å². The number of nitrogens with zero attached hydrogens (tertiary/aromatic N) is 5. The van der Waals surface area contributed by atoms with Crippen LogP contribution in [0.15, 0.2) is 36.9 Å². The molecule has 0 radical (unpaired) electrons. The van der Waals surface area contributed by atoms with Gasteiger partial charge in [-0.25, -0.2) is 9.97 Å². The number of benzene rings is 1. The number of nitrogens with one attached hydrogen (secondary N) is 1. The van der Waals surface area contributed by atoms with Crippen LogP contribution in [0.5, 0.6) is 5.75 Å². The van der Waals surface area contributed by atoms with Gasteiger partial charge in [0.2, 0.25) is 11.9 Å². The van der Waals surface area contributed by atoms with Gasteiger partial charge < -0.3 is 15.0 Å². The van der Waals surface area contributed by atoms with E-state index in [1.54, 1.807) is 24.2 Å². The molecule has 2 aromatic heterocycles. The molecule has 0 spiro atoms. The lowest BCUT2D eigenvalue weighted by molar-refractivity contribution is -0.115. The Morgan fingerprint density at radius 2 is 2.15 bits per heavy atom. The lowest BCUT2D eigenvalue weighted by Gasteiger charge is -2.31. The Labute approximate surface area is 155 Å². The molecule has 27 heavy (non-hydrogen) atoms. The van der Waals surface area contributed by atoms with Crippen LogP contribution >= 0.6 is 0 Å². The van der Waals surface area contributed by atoms with E-state index in [0.717, 1.165) is 47.7 Å². The van der Waals surface area contributed by atoms with Crippen LogP contribution in [0.2, 0.25) is 0 Å². The molecule has 0 unspecified atom stereocenters. The molecule has 0 atom stereocenters. The van der Waals surface area contributed by atoms with Crippen molar-refractivity contribution in [3.05, 3.63) is 48.2 Å². The molecule has 2 aliphatic rings. The van der Waals surface area contributed by atoms with E-state index in [9.17, 15) is 4.79 Å². The first-order valence-corrected chi connectivity index (χ1v) is 8.86. The third-order valence-corrected chi connectivity index (χ3v) is 4.96. The van der Waals surface area contributed by atoms with Gasteiger partial charge in [0.1, 0.15) is 24.4 Å². The van der Waals surface area contributed by atoms with E-state index < -0.39 is 0 Å². The highest BCUT2D eigenvalue weighted by molar-refractivity contribution is 6.03. The molecule has 5 rings (SSSR count). The Morgan fingerprint density at radius 1 is 1.22 bits per heavy atom. The second-order valence-electron chi connectivity index (χ2n) is 6.61. The Hall–Kier alpha value is -3.42. The number of aryl methyl sites for hydroxylation is 1. The molecule has 136 valence electrons. The van der Waals surface area contributed by atoms with Crippen molar-refractivity contribution >= 4 is 23.1 Å². The van der Waals surface area contributed by atoms with Crippen LogP contribution in [0.25, 0.3) is 5.95 Å². The molecule has 1 aromatic carbocycles. The molecule has 3 heterocycles. The van der Waals surface area contributed by atoms with Gasteiger partial charge in [0.15, 0.2) is 0 Å². The van der Waals surface area contributed by atoms with Gasteiger partial charge >= 0.3 is 0 Å². The molecular formula is C19H18N6O2. The average Bonchev–Trinajstić information content (AvgIpc) is 3.37. The van der Waals surface area contributed by atoms with Crippen molar-refractivity contribution < 1.29 is 9.53 Å². The molecule has 0 bridgehead atoms. The van der Waals surface area contributed by atoms with Crippen molar-refractivity contribution in [3.8, 4) is 11.7 Å². The van der Waals surface area contributed by atoms with Gasteiger partial charge in [-0.3, -0.25) is 9.36 Å². The highest BCUT2D eigenvalue weighted by Crippen LogP contribution is 2.40. The van der Waals surface area contributed by atoms with Crippen LogP contribution in [-0.2, 0) is 17.6 Å². The minimum Gasteiger partial charge on any atom is -0.497 e. The Bertz CT molecular complexity index is 1030. The quantitative estimate of drug-likeness (QED) is 0.769. The van der Waals surface area contributed by atoms with Crippen LogP contribution in [0, 0.1) is 0 Å². The number of anilines is 3. The minimum absolute atomic E-state index is 0.0784. The van der Waals surface area contributed by atoms with Crippen molar-refractivity contribution in [2.45, 2.75) is 19.3 Å². The van der Waals surface area contributed by atoms with Gasteiger partial charge in [-0.05, 0) is 31.4 Å². The molecule has 8 heteroatoms. The first kappa shape index (κ1) is 15.8. The Balaban J connectivity index is 1.68. The fourth-order valence-electron chi connectivity index (χ4n) is 3.70. The zero-order valence-electron chi connectivity index (χ0n) is 14.8. The third-order valence-electron chi connectivity index (χ3n) is 4.96. The van der Waals surface area contributed by atoms with Crippen molar-refractivity contribution in [1.29, 1.82) is 0 Å². The van der Waals surface area contributed by atoms with Crippen molar-refractivity contribution in [2.24, 2.45) is 0 Å². The zero-order valence-corrected chi connectivity index (χ0v) is 14.8. The molecule has 0 fully saturated rings. The lowest BCUT2D eigenvalue weighted by atomic mass is 10.1. The van der Waals surface area contributed by atoms with Gasteiger partial charge in [0.25, 0.3) is 0 Å². The number of carbonyl (C=O) groups excluding carboxylic acids is 1. The second kappa shape index (κ2) is 6.08. The molecule has 0 saturated heterocycles. The van der Waals surface area contributed by atoms with Crippen LogP contribution in [0.4, 0.5) is 17.2 Å². The Kier molecular flexibility index (Phi) is 3.56. The summed E-state index contributed by atoms with van der Waals surface area (Å²) in [5, 5.41) is 2.93. The number of methoxy groups -OCH3 is 1. The fraction of sp³-hybridized carbons (Fsp3) is 0.263. The predicted octanol–water partition coefficient (Wildman–Crippen LogP) is 2.25. The molecular weight excluding hydrogens is 344 g/mol. The van der Waals surface area contributed by atoms with Gasteiger partial charge in [-0.2, -0.15) is 4.98 Å². The summed E-state index contributed by atoms with van der Waals surface area (Å²) in [5.41, 5.74) is 3.79. The normalized spacial score (nSPS) is 15.3. The van der Waals surface area contributed by atoms with E-state index in [1.807, 2.05) is 29.3 Å². The maximum atomic E-state index is 12.4. The summed E-state index contributed by atoms with van der Waals surface area (Å²) in [7, 11) is 1.61. The summed E-state index contributed by atoms with van der Waals surface area (Å²) >= 11 is 0. The van der Waals surface area contributed by atoms with Crippen LogP contribution < -0.4 is 15.0 Å². The minimum atomic E-state index is -0.0784. The maximum absolute atomic E-state index is 12.4. The highest BCUT2D eigenvalue weighted by Gasteiger charge is 2.30. The summed E-state index contributed by atoms with van der Waals surface area (Å²) in [5.74, 6) is 1.99. The average molecular weight is 362 g/mol. The zero-order chi connectivity index (χ0) is 18.4. The van der Waals surface area contributed by atoms with E-state index in [-0.39, 0.29) is 12.5 Å². The summed E-state index contributed by atoms with van der Waals surface area (Å²) in [4.78, 5) is 28.0. The first-order valence-electron chi connectivity index (χ1n) is 8.86. The van der Waals surface area contributed by atoms with Crippen molar-refractivity contribution in [3.63, 3.8) is 0 Å². The summed E-state index contributed by atoms with van der Waals surface area (Å²) in [6.07, 6.45) is 8.08. The van der Waals surface area contributed by atoms with Gasteiger partial charge in [0.05, 0.1) is 24.2 Å². The molecule has 1 aliphatic heterocycles. The SMILES string of the molecule is COc1ccc2c(c1)NC(=O)CN2c1nc(-n2ccnc2)nc2c1CCC2. The smallest absolute Gasteiger partial charge is 0.244 e. The number of aromatic nitrogens is 4. The number of carbonyl (C=O) groups is 1. The van der Waals surface area contributed by atoms with E-state index >= 15 is 0 Å². The van der Waals surface area contributed by atoms with Gasteiger partial charge in [-0.1, -0.05) is 0 Å². The van der Waals surface area contributed by atoms with E-state index in [4.69, 9.17) is 14.7 Å². The summed E-state index contributed by atoms with van der Waals surface area (Å²) in [6.45, 7) is 0.214. The molecule has 1 aliphatic carbocycles. The molecule has 0 saturated carbocycles. The van der Waals surface area contributed by atoms with Crippen molar-refractivity contribution in [2.75, 3.05) is 23.9 Å². The van der Waals surface area contributed by atoms with Crippen molar-refractivity contribution in [1.82, 2.24) is 19.5 Å². The third kappa shape index (κ3) is 2.61.